The number of thioether (sulfide) groups is 1. The fourth-order valence-corrected chi connectivity index (χ4v) is 3.70. The average Bonchev–Trinajstić information content (AvgIpc) is 3.02. The first-order chi connectivity index (χ1) is 12.0. The zero-order valence-electron chi connectivity index (χ0n) is 13.8. The van der Waals surface area contributed by atoms with Gasteiger partial charge in [-0.05, 0) is 6.07 Å². The Balaban J connectivity index is 1.68. The van der Waals surface area contributed by atoms with E-state index in [9.17, 15) is 13.6 Å². The van der Waals surface area contributed by atoms with Gasteiger partial charge in [-0.15, -0.1) is 0 Å². The fraction of sp³-hybridized carbons (Fsp3) is 0.562. The van der Waals surface area contributed by atoms with E-state index in [1.165, 1.54) is 11.0 Å². The van der Waals surface area contributed by atoms with Gasteiger partial charge in [0, 0.05) is 55.7 Å². The first-order valence-electron chi connectivity index (χ1n) is 7.95. The third-order valence-electron chi connectivity index (χ3n) is 4.02. The van der Waals surface area contributed by atoms with Crippen molar-refractivity contribution < 1.29 is 27.8 Å². The van der Waals surface area contributed by atoms with Crippen molar-refractivity contribution >= 4 is 17.7 Å². The van der Waals surface area contributed by atoms with E-state index in [0.29, 0.717) is 23.5 Å². The van der Waals surface area contributed by atoms with Gasteiger partial charge < -0.3 is 24.4 Å². The Morgan fingerprint density at radius 3 is 2.88 bits per heavy atom. The number of hydrogen-bond donors (Lipinski definition) is 1. The number of carbonyl (C=O) groups is 1. The second kappa shape index (κ2) is 8.09. The molecule has 0 radical (unpaired) electrons. The number of alkyl halides is 2. The van der Waals surface area contributed by atoms with Gasteiger partial charge in [0.15, 0.2) is 11.5 Å². The number of amides is 1. The Kier molecular flexibility index (Phi) is 5.85. The van der Waals surface area contributed by atoms with Crippen molar-refractivity contribution in [3.05, 3.63) is 17.7 Å². The van der Waals surface area contributed by atoms with E-state index < -0.39 is 6.61 Å². The molecular weight excluding hydrogens is 354 g/mol. The van der Waals surface area contributed by atoms with Gasteiger partial charge in [-0.1, -0.05) is 0 Å². The molecule has 2 aliphatic rings. The van der Waals surface area contributed by atoms with Crippen LogP contribution in [0.3, 0.4) is 0 Å². The summed E-state index contributed by atoms with van der Waals surface area (Å²) in [7, 11) is 1.65. The SMILES string of the molecule is CN(Cc1cc2c(cc1OC(F)F)OCO2)C(=O)CC1CSCCN1. The van der Waals surface area contributed by atoms with Crippen molar-refractivity contribution in [1.82, 2.24) is 10.2 Å². The molecule has 1 aromatic rings. The number of nitrogens with zero attached hydrogens (tertiary/aromatic N) is 1. The van der Waals surface area contributed by atoms with Gasteiger partial charge in [0.2, 0.25) is 12.7 Å². The van der Waals surface area contributed by atoms with Crippen LogP contribution < -0.4 is 19.5 Å². The summed E-state index contributed by atoms with van der Waals surface area (Å²) in [5.74, 6) is 2.70. The van der Waals surface area contributed by atoms with Crippen LogP contribution in [0.2, 0.25) is 0 Å². The molecular formula is C16H20F2N2O4S. The molecule has 1 fully saturated rings. The maximum atomic E-state index is 12.7. The van der Waals surface area contributed by atoms with Gasteiger partial charge >= 0.3 is 6.61 Å². The summed E-state index contributed by atoms with van der Waals surface area (Å²) in [5, 5.41) is 3.31. The maximum absolute atomic E-state index is 12.7. The monoisotopic (exact) mass is 374 g/mol. The summed E-state index contributed by atoms with van der Waals surface area (Å²) in [6.07, 6.45) is 0.374. The number of hydrogen-bond acceptors (Lipinski definition) is 6. The highest BCUT2D eigenvalue weighted by Gasteiger charge is 2.23. The normalized spacial score (nSPS) is 19.1. The standard InChI is InChI=1S/C16H20F2N2O4S/c1-20(15(21)5-11-8-25-3-2-19-11)7-10-4-13-14(23-9-22-13)6-12(10)24-16(17)18/h4,6,11,16,19H,2-3,5,7-9H2,1H3. The lowest BCUT2D eigenvalue weighted by molar-refractivity contribution is -0.130. The topological polar surface area (TPSA) is 60.0 Å². The van der Waals surface area contributed by atoms with Gasteiger partial charge in [0.25, 0.3) is 0 Å². The minimum absolute atomic E-state index is 0.00903. The van der Waals surface area contributed by atoms with Gasteiger partial charge in [0.1, 0.15) is 5.75 Å². The van der Waals surface area contributed by atoms with Crippen molar-refractivity contribution in [2.75, 3.05) is 31.9 Å². The molecule has 138 valence electrons. The number of rotatable bonds is 6. The Morgan fingerprint density at radius 1 is 1.44 bits per heavy atom. The van der Waals surface area contributed by atoms with Crippen LogP contribution in [-0.2, 0) is 11.3 Å². The van der Waals surface area contributed by atoms with Gasteiger partial charge in [-0.2, -0.15) is 20.5 Å². The summed E-state index contributed by atoms with van der Waals surface area (Å²) >= 11 is 1.82. The highest BCUT2D eigenvalue weighted by molar-refractivity contribution is 7.99. The number of halogens is 2. The zero-order chi connectivity index (χ0) is 17.8. The van der Waals surface area contributed by atoms with E-state index in [1.54, 1.807) is 13.1 Å². The van der Waals surface area contributed by atoms with E-state index in [-0.39, 0.29) is 31.0 Å². The van der Waals surface area contributed by atoms with Crippen LogP contribution in [0.4, 0.5) is 8.78 Å². The minimum Gasteiger partial charge on any atom is -0.454 e. The quantitative estimate of drug-likeness (QED) is 0.823. The van der Waals surface area contributed by atoms with Crippen molar-refractivity contribution in [2.24, 2.45) is 0 Å². The van der Waals surface area contributed by atoms with Gasteiger partial charge in [-0.3, -0.25) is 4.79 Å². The lowest BCUT2D eigenvalue weighted by Gasteiger charge is -2.25. The molecule has 1 aromatic carbocycles. The molecule has 2 aliphatic heterocycles. The van der Waals surface area contributed by atoms with E-state index in [0.717, 1.165) is 18.1 Å². The molecule has 9 heteroatoms. The van der Waals surface area contributed by atoms with Crippen LogP contribution in [0.5, 0.6) is 17.2 Å². The molecule has 1 saturated heterocycles. The van der Waals surface area contributed by atoms with E-state index in [2.05, 4.69) is 10.1 Å². The molecule has 25 heavy (non-hydrogen) atoms. The molecule has 0 aromatic heterocycles. The number of ether oxygens (including phenoxy) is 3. The predicted octanol–water partition coefficient (Wildman–Crippen LogP) is 2.07. The summed E-state index contributed by atoms with van der Waals surface area (Å²) in [4.78, 5) is 13.9. The molecule has 0 aliphatic carbocycles. The van der Waals surface area contributed by atoms with Crippen LogP contribution in [0.25, 0.3) is 0 Å². The molecule has 1 atom stereocenters. The number of carbonyl (C=O) groups excluding carboxylic acids is 1. The number of benzene rings is 1. The van der Waals surface area contributed by atoms with Crippen molar-refractivity contribution in [3.8, 4) is 17.2 Å². The van der Waals surface area contributed by atoms with E-state index in [4.69, 9.17) is 9.47 Å². The second-order valence-corrected chi connectivity index (χ2v) is 7.02. The molecule has 0 bridgehead atoms. The third kappa shape index (κ3) is 4.66. The smallest absolute Gasteiger partial charge is 0.387 e. The van der Waals surface area contributed by atoms with Gasteiger partial charge in [0.05, 0.1) is 0 Å². The molecule has 0 saturated carbocycles. The number of fused-ring (bicyclic) bond motifs is 1. The number of nitrogens with one attached hydrogen (secondary N) is 1. The minimum atomic E-state index is -2.96. The van der Waals surface area contributed by atoms with Crippen LogP contribution in [0.1, 0.15) is 12.0 Å². The Hall–Kier alpha value is -1.74. The molecule has 1 unspecified atom stereocenters. The van der Waals surface area contributed by atoms with Crippen molar-refractivity contribution in [3.63, 3.8) is 0 Å². The largest absolute Gasteiger partial charge is 0.454 e. The predicted molar refractivity (Wildman–Crippen MR) is 89.4 cm³/mol. The summed E-state index contributed by atoms with van der Waals surface area (Å²) in [5.41, 5.74) is 0.450. The molecule has 6 nitrogen and oxygen atoms in total. The van der Waals surface area contributed by atoms with E-state index in [1.807, 2.05) is 11.8 Å². The van der Waals surface area contributed by atoms with Gasteiger partial charge in [-0.25, -0.2) is 0 Å². The zero-order valence-corrected chi connectivity index (χ0v) is 14.6. The fourth-order valence-electron chi connectivity index (χ4n) is 2.76. The average molecular weight is 374 g/mol. The molecule has 2 heterocycles. The lowest BCUT2D eigenvalue weighted by Crippen LogP contribution is -2.41. The lowest BCUT2D eigenvalue weighted by atomic mass is 10.1. The van der Waals surface area contributed by atoms with Crippen LogP contribution in [-0.4, -0.2) is 55.4 Å². The van der Waals surface area contributed by atoms with E-state index >= 15 is 0 Å². The van der Waals surface area contributed by atoms with Crippen molar-refractivity contribution in [1.29, 1.82) is 0 Å². The summed E-state index contributed by atoms with van der Waals surface area (Å²) in [6, 6.07) is 3.10. The molecule has 3 rings (SSSR count). The first-order valence-corrected chi connectivity index (χ1v) is 9.11. The second-order valence-electron chi connectivity index (χ2n) is 5.87. The summed E-state index contributed by atoms with van der Waals surface area (Å²) in [6.45, 7) is -1.88. The molecule has 0 spiro atoms. The van der Waals surface area contributed by atoms with Crippen LogP contribution in [0.15, 0.2) is 12.1 Å². The molecule has 1 N–H and O–H groups in total. The van der Waals surface area contributed by atoms with Crippen LogP contribution in [0, 0.1) is 0 Å². The molecule has 1 amide bonds. The van der Waals surface area contributed by atoms with Crippen molar-refractivity contribution in [2.45, 2.75) is 25.6 Å². The Bertz CT molecular complexity index is 626. The maximum Gasteiger partial charge on any atom is 0.387 e. The Morgan fingerprint density at radius 2 is 2.20 bits per heavy atom. The van der Waals surface area contributed by atoms with Crippen LogP contribution >= 0.6 is 11.8 Å². The first kappa shape index (κ1) is 18.1. The highest BCUT2D eigenvalue weighted by Crippen LogP contribution is 2.39. The highest BCUT2D eigenvalue weighted by atomic mass is 32.2. The third-order valence-corrected chi connectivity index (χ3v) is 5.16. The Labute approximate surface area is 148 Å². The summed E-state index contributed by atoms with van der Waals surface area (Å²) < 4.78 is 40.4.